The number of esters is 1. The van der Waals surface area contributed by atoms with Crippen molar-refractivity contribution in [2.24, 2.45) is 0 Å². The van der Waals surface area contributed by atoms with Crippen molar-refractivity contribution >= 4 is 16.7 Å². The van der Waals surface area contributed by atoms with Crippen molar-refractivity contribution in [1.82, 2.24) is 4.98 Å². The SMILES string of the molecule is COC(=O)c1cncc2ccc(O)cc12. The zero-order valence-electron chi connectivity index (χ0n) is 8.10. The van der Waals surface area contributed by atoms with Gasteiger partial charge in [0.25, 0.3) is 0 Å². The molecule has 2 rings (SSSR count). The minimum atomic E-state index is -0.460. The number of aromatic nitrogens is 1. The maximum Gasteiger partial charge on any atom is 0.340 e. The van der Waals surface area contributed by atoms with E-state index in [1.807, 2.05) is 0 Å². The van der Waals surface area contributed by atoms with Crippen LogP contribution >= 0.6 is 0 Å². The highest BCUT2D eigenvalue weighted by Gasteiger charge is 2.10. The van der Waals surface area contributed by atoms with Gasteiger partial charge in [0, 0.05) is 23.2 Å². The summed E-state index contributed by atoms with van der Waals surface area (Å²) in [4.78, 5) is 15.3. The third-order valence-electron chi connectivity index (χ3n) is 2.15. The molecule has 0 unspecified atom stereocenters. The Bertz CT molecular complexity index is 522. The van der Waals surface area contributed by atoms with Gasteiger partial charge in [0.2, 0.25) is 0 Å². The number of pyridine rings is 1. The van der Waals surface area contributed by atoms with Crippen LogP contribution in [0.25, 0.3) is 10.8 Å². The molecule has 0 saturated heterocycles. The molecule has 15 heavy (non-hydrogen) atoms. The number of carbonyl (C=O) groups is 1. The fourth-order valence-corrected chi connectivity index (χ4v) is 1.42. The first-order chi connectivity index (χ1) is 7.22. The number of aromatic hydroxyl groups is 1. The largest absolute Gasteiger partial charge is 0.508 e. The van der Waals surface area contributed by atoms with Gasteiger partial charge in [-0.3, -0.25) is 4.98 Å². The van der Waals surface area contributed by atoms with Crippen LogP contribution in [-0.4, -0.2) is 23.2 Å². The monoisotopic (exact) mass is 203 g/mol. The number of methoxy groups -OCH3 is 1. The minimum absolute atomic E-state index is 0.110. The Morgan fingerprint density at radius 1 is 1.40 bits per heavy atom. The average molecular weight is 203 g/mol. The predicted molar refractivity (Wildman–Crippen MR) is 54.7 cm³/mol. The van der Waals surface area contributed by atoms with Crippen LogP contribution in [-0.2, 0) is 4.74 Å². The van der Waals surface area contributed by atoms with Crippen LogP contribution in [0.4, 0.5) is 0 Å². The maximum absolute atomic E-state index is 11.4. The first kappa shape index (κ1) is 9.45. The first-order valence-electron chi connectivity index (χ1n) is 4.37. The van der Waals surface area contributed by atoms with Gasteiger partial charge in [0.1, 0.15) is 5.75 Å². The van der Waals surface area contributed by atoms with Gasteiger partial charge in [-0.1, -0.05) is 0 Å². The number of benzene rings is 1. The summed E-state index contributed by atoms with van der Waals surface area (Å²) in [5.41, 5.74) is 0.353. The van der Waals surface area contributed by atoms with Gasteiger partial charge in [0.15, 0.2) is 0 Å². The zero-order chi connectivity index (χ0) is 10.8. The molecule has 0 aliphatic heterocycles. The van der Waals surface area contributed by atoms with Crippen LogP contribution in [0.15, 0.2) is 30.6 Å². The molecule has 0 bridgehead atoms. The van der Waals surface area contributed by atoms with Crippen molar-refractivity contribution in [2.75, 3.05) is 7.11 Å². The van der Waals surface area contributed by atoms with E-state index in [4.69, 9.17) is 0 Å². The number of carbonyl (C=O) groups excluding carboxylic acids is 1. The third kappa shape index (κ3) is 1.61. The second kappa shape index (κ2) is 3.57. The molecule has 1 heterocycles. The molecule has 2 aromatic rings. The molecular formula is C11H9NO3. The molecule has 1 aromatic heterocycles. The van der Waals surface area contributed by atoms with Crippen molar-refractivity contribution in [3.63, 3.8) is 0 Å². The Balaban J connectivity index is 2.74. The number of phenols is 1. The van der Waals surface area contributed by atoms with Crippen LogP contribution in [0.5, 0.6) is 5.75 Å². The Labute approximate surface area is 86.1 Å². The summed E-state index contributed by atoms with van der Waals surface area (Å²) in [7, 11) is 1.31. The summed E-state index contributed by atoms with van der Waals surface area (Å²) in [6.07, 6.45) is 3.05. The van der Waals surface area contributed by atoms with Crippen LogP contribution in [0.1, 0.15) is 10.4 Å². The number of hydrogen-bond donors (Lipinski definition) is 1. The fraction of sp³-hybridized carbons (Fsp3) is 0.0909. The zero-order valence-corrected chi connectivity index (χ0v) is 8.10. The Kier molecular flexibility index (Phi) is 2.25. The maximum atomic E-state index is 11.4. The second-order valence-electron chi connectivity index (χ2n) is 3.08. The molecule has 0 radical (unpaired) electrons. The molecule has 1 aromatic carbocycles. The van der Waals surface area contributed by atoms with Gasteiger partial charge < -0.3 is 9.84 Å². The highest BCUT2D eigenvalue weighted by molar-refractivity contribution is 6.04. The van der Waals surface area contributed by atoms with Gasteiger partial charge in [0.05, 0.1) is 12.7 Å². The number of fused-ring (bicyclic) bond motifs is 1. The van der Waals surface area contributed by atoms with E-state index in [0.717, 1.165) is 5.39 Å². The lowest BCUT2D eigenvalue weighted by molar-refractivity contribution is 0.0602. The average Bonchev–Trinajstić information content (AvgIpc) is 2.27. The van der Waals surface area contributed by atoms with E-state index < -0.39 is 5.97 Å². The number of rotatable bonds is 1. The highest BCUT2D eigenvalue weighted by Crippen LogP contribution is 2.22. The van der Waals surface area contributed by atoms with Crippen molar-refractivity contribution in [2.45, 2.75) is 0 Å². The summed E-state index contributed by atoms with van der Waals surface area (Å²) < 4.78 is 4.62. The topological polar surface area (TPSA) is 59.4 Å². The smallest absolute Gasteiger partial charge is 0.340 e. The lowest BCUT2D eigenvalue weighted by Gasteiger charge is -2.04. The van der Waals surface area contributed by atoms with Crippen LogP contribution in [0.2, 0.25) is 0 Å². The van der Waals surface area contributed by atoms with Crippen LogP contribution in [0, 0.1) is 0 Å². The molecule has 0 aliphatic carbocycles. The minimum Gasteiger partial charge on any atom is -0.508 e. The Morgan fingerprint density at radius 2 is 2.20 bits per heavy atom. The lowest BCUT2D eigenvalue weighted by atomic mass is 10.1. The van der Waals surface area contributed by atoms with E-state index in [1.54, 1.807) is 18.3 Å². The number of ether oxygens (including phenoxy) is 1. The Morgan fingerprint density at radius 3 is 2.93 bits per heavy atom. The standard InChI is InChI=1S/C11H9NO3/c1-15-11(14)10-6-12-5-7-2-3-8(13)4-9(7)10/h2-6,13H,1H3. The second-order valence-corrected chi connectivity index (χ2v) is 3.08. The number of hydrogen-bond acceptors (Lipinski definition) is 4. The van der Waals surface area contributed by atoms with Gasteiger partial charge >= 0.3 is 5.97 Å². The van der Waals surface area contributed by atoms with Crippen LogP contribution in [0.3, 0.4) is 0 Å². The summed E-state index contributed by atoms with van der Waals surface area (Å²) in [6.45, 7) is 0. The van der Waals surface area contributed by atoms with E-state index in [9.17, 15) is 9.90 Å². The van der Waals surface area contributed by atoms with E-state index >= 15 is 0 Å². The third-order valence-corrected chi connectivity index (χ3v) is 2.15. The molecule has 4 nitrogen and oxygen atoms in total. The van der Waals surface area contributed by atoms with Gasteiger partial charge in [-0.25, -0.2) is 4.79 Å². The lowest BCUT2D eigenvalue weighted by Crippen LogP contribution is -2.02. The van der Waals surface area contributed by atoms with E-state index in [1.165, 1.54) is 19.4 Å². The summed E-state index contributed by atoms with van der Waals surface area (Å²) in [6, 6.07) is 4.76. The molecule has 1 N–H and O–H groups in total. The molecule has 4 heteroatoms. The van der Waals surface area contributed by atoms with E-state index in [0.29, 0.717) is 10.9 Å². The molecule has 0 atom stereocenters. The number of phenolic OH excluding ortho intramolecular Hbond substituents is 1. The summed E-state index contributed by atoms with van der Waals surface area (Å²) in [5, 5.41) is 10.8. The highest BCUT2D eigenvalue weighted by atomic mass is 16.5. The molecule has 76 valence electrons. The molecule has 0 fully saturated rings. The summed E-state index contributed by atoms with van der Waals surface area (Å²) in [5.74, 6) is -0.349. The van der Waals surface area contributed by atoms with Crippen molar-refractivity contribution in [1.29, 1.82) is 0 Å². The quantitative estimate of drug-likeness (QED) is 0.717. The molecule has 0 amide bonds. The predicted octanol–water partition coefficient (Wildman–Crippen LogP) is 1.73. The van der Waals surface area contributed by atoms with Gasteiger partial charge in [-0.15, -0.1) is 0 Å². The molecule has 0 aliphatic rings. The Hall–Kier alpha value is -2.10. The van der Waals surface area contributed by atoms with Gasteiger partial charge in [-0.2, -0.15) is 0 Å². The molecule has 0 spiro atoms. The molecule has 0 saturated carbocycles. The van der Waals surface area contributed by atoms with Crippen molar-refractivity contribution in [3.8, 4) is 5.75 Å². The normalized spacial score (nSPS) is 10.2. The van der Waals surface area contributed by atoms with Crippen LogP contribution < -0.4 is 0 Å². The van der Waals surface area contributed by atoms with Crippen molar-refractivity contribution in [3.05, 3.63) is 36.2 Å². The fourth-order valence-electron chi connectivity index (χ4n) is 1.42. The van der Waals surface area contributed by atoms with Gasteiger partial charge in [-0.05, 0) is 18.2 Å². The first-order valence-corrected chi connectivity index (χ1v) is 4.37. The van der Waals surface area contributed by atoms with Crippen molar-refractivity contribution < 1.29 is 14.6 Å². The number of nitrogens with zero attached hydrogens (tertiary/aromatic N) is 1. The van der Waals surface area contributed by atoms with E-state index in [-0.39, 0.29) is 5.75 Å². The summed E-state index contributed by atoms with van der Waals surface area (Å²) >= 11 is 0. The van der Waals surface area contributed by atoms with E-state index in [2.05, 4.69) is 9.72 Å². The molecular weight excluding hydrogens is 194 g/mol.